The monoisotopic (exact) mass is 480 g/mol. The number of nitrogens with zero attached hydrogens (tertiary/aromatic N) is 2. The number of nitrogens with one attached hydrogen (secondary N) is 2. The van der Waals surface area contributed by atoms with Crippen molar-refractivity contribution in [2.75, 3.05) is 30.9 Å². The highest BCUT2D eigenvalue weighted by Crippen LogP contribution is 2.19. The highest BCUT2D eigenvalue weighted by molar-refractivity contribution is 7.09. The van der Waals surface area contributed by atoms with E-state index in [1.807, 2.05) is 56.3 Å². The van der Waals surface area contributed by atoms with Crippen LogP contribution in [0.2, 0.25) is 0 Å². The number of hydrogen-bond acceptors (Lipinski definition) is 5. The molecule has 7 nitrogen and oxygen atoms in total. The number of hydrogen-bond donors (Lipinski definition) is 2. The Hall–Kier alpha value is -3.23. The maximum Gasteiger partial charge on any atom is 0.322 e. The molecule has 3 amide bonds. The van der Waals surface area contributed by atoms with Crippen LogP contribution >= 0.6 is 11.3 Å². The Bertz CT molecular complexity index is 1130. The Morgan fingerprint density at radius 3 is 2.38 bits per heavy atom. The van der Waals surface area contributed by atoms with Gasteiger partial charge in [0.2, 0.25) is 0 Å². The third-order valence-electron chi connectivity index (χ3n) is 5.56. The summed E-state index contributed by atoms with van der Waals surface area (Å²) in [5.74, 6) is 0.151. The zero-order valence-corrected chi connectivity index (χ0v) is 21.2. The van der Waals surface area contributed by atoms with Crippen LogP contribution in [0, 0.1) is 13.8 Å². The summed E-state index contributed by atoms with van der Waals surface area (Å²) in [5, 5.41) is 8.21. The van der Waals surface area contributed by atoms with Crippen molar-refractivity contribution >= 4 is 34.6 Å². The van der Waals surface area contributed by atoms with Crippen molar-refractivity contribution in [3.05, 3.63) is 75.2 Å². The molecule has 1 heterocycles. The Morgan fingerprint density at radius 2 is 1.74 bits per heavy atom. The molecule has 34 heavy (non-hydrogen) atoms. The zero-order chi connectivity index (χ0) is 24.7. The van der Waals surface area contributed by atoms with Crippen LogP contribution in [0.5, 0.6) is 0 Å². The molecule has 2 N–H and O–H groups in total. The van der Waals surface area contributed by atoms with Crippen molar-refractivity contribution in [3.63, 3.8) is 0 Å². The molecule has 0 radical (unpaired) electrons. The SMILES string of the molecule is COCCN(Cc1nc(C(=O)Nc2ccc(C)c(C)c2)cs1)C(=O)Nc1ccc(C(C)C)cc1. The first kappa shape index (κ1) is 25.4. The Labute approximate surface area is 205 Å². The van der Waals surface area contributed by atoms with Crippen molar-refractivity contribution in [1.29, 1.82) is 0 Å². The van der Waals surface area contributed by atoms with Gasteiger partial charge in [0.15, 0.2) is 0 Å². The van der Waals surface area contributed by atoms with Gasteiger partial charge < -0.3 is 20.3 Å². The standard InChI is InChI=1S/C26H32N4O3S/c1-17(2)20-7-10-21(11-8-20)28-26(32)30(12-13-33-5)15-24-29-23(16-34-24)25(31)27-22-9-6-18(3)19(4)14-22/h6-11,14,16-17H,12-13,15H2,1-5H3,(H,27,31)(H,28,32). The summed E-state index contributed by atoms with van der Waals surface area (Å²) < 4.78 is 5.18. The van der Waals surface area contributed by atoms with E-state index in [2.05, 4.69) is 29.5 Å². The number of methoxy groups -OCH3 is 1. The van der Waals surface area contributed by atoms with Gasteiger partial charge in [0, 0.05) is 30.4 Å². The molecule has 0 saturated heterocycles. The highest BCUT2D eigenvalue weighted by atomic mass is 32.1. The fourth-order valence-corrected chi connectivity index (χ4v) is 4.06. The molecule has 0 unspecified atom stereocenters. The van der Waals surface area contributed by atoms with Crippen LogP contribution in [0.25, 0.3) is 0 Å². The average molecular weight is 481 g/mol. The van der Waals surface area contributed by atoms with Gasteiger partial charge in [0.05, 0.1) is 13.2 Å². The molecule has 0 atom stereocenters. The number of anilines is 2. The van der Waals surface area contributed by atoms with E-state index in [1.54, 1.807) is 17.4 Å². The topological polar surface area (TPSA) is 83.6 Å². The lowest BCUT2D eigenvalue weighted by molar-refractivity contribution is 0.102. The number of benzene rings is 2. The van der Waals surface area contributed by atoms with Gasteiger partial charge in [-0.05, 0) is 60.7 Å². The maximum absolute atomic E-state index is 12.9. The largest absolute Gasteiger partial charge is 0.383 e. The molecule has 0 fully saturated rings. The molecule has 180 valence electrons. The fourth-order valence-electron chi connectivity index (χ4n) is 3.27. The van der Waals surface area contributed by atoms with E-state index in [1.165, 1.54) is 22.5 Å². The van der Waals surface area contributed by atoms with Gasteiger partial charge in [-0.2, -0.15) is 0 Å². The number of carbonyl (C=O) groups is 2. The van der Waals surface area contributed by atoms with Gasteiger partial charge in [0.1, 0.15) is 10.7 Å². The molecule has 0 bridgehead atoms. The fraction of sp³-hybridized carbons (Fsp3) is 0.346. The molecular formula is C26H32N4O3S. The molecule has 0 saturated carbocycles. The van der Waals surface area contributed by atoms with Crippen molar-refractivity contribution in [1.82, 2.24) is 9.88 Å². The normalized spacial score (nSPS) is 10.9. The molecule has 0 spiro atoms. The molecule has 3 rings (SSSR count). The van der Waals surface area contributed by atoms with E-state index >= 15 is 0 Å². The van der Waals surface area contributed by atoms with Crippen molar-refractivity contribution in [2.45, 2.75) is 40.2 Å². The van der Waals surface area contributed by atoms with Crippen molar-refractivity contribution < 1.29 is 14.3 Å². The molecule has 2 aromatic carbocycles. The highest BCUT2D eigenvalue weighted by Gasteiger charge is 2.18. The van der Waals surface area contributed by atoms with E-state index in [-0.39, 0.29) is 18.5 Å². The van der Waals surface area contributed by atoms with Crippen LogP contribution in [0.1, 0.15) is 52.0 Å². The van der Waals surface area contributed by atoms with Crippen LogP contribution < -0.4 is 10.6 Å². The van der Waals surface area contributed by atoms with E-state index in [4.69, 9.17) is 4.74 Å². The summed E-state index contributed by atoms with van der Waals surface area (Å²) >= 11 is 1.35. The molecule has 0 aliphatic heterocycles. The summed E-state index contributed by atoms with van der Waals surface area (Å²) in [7, 11) is 1.60. The molecule has 8 heteroatoms. The van der Waals surface area contributed by atoms with Crippen LogP contribution in [-0.4, -0.2) is 42.1 Å². The van der Waals surface area contributed by atoms with Crippen molar-refractivity contribution in [2.24, 2.45) is 0 Å². The van der Waals surface area contributed by atoms with E-state index in [0.29, 0.717) is 29.8 Å². The van der Waals surface area contributed by atoms with Crippen LogP contribution in [0.15, 0.2) is 47.8 Å². The quantitative estimate of drug-likeness (QED) is 0.404. The van der Waals surface area contributed by atoms with E-state index in [9.17, 15) is 9.59 Å². The first-order chi connectivity index (χ1) is 16.3. The minimum atomic E-state index is -0.274. The summed E-state index contributed by atoms with van der Waals surface area (Å²) in [5.41, 5.74) is 5.27. The van der Waals surface area contributed by atoms with Gasteiger partial charge in [-0.1, -0.05) is 32.0 Å². The number of amides is 3. The van der Waals surface area contributed by atoms with Gasteiger partial charge in [-0.25, -0.2) is 9.78 Å². The summed E-state index contributed by atoms with van der Waals surface area (Å²) in [6.07, 6.45) is 0. The van der Waals surface area contributed by atoms with Gasteiger partial charge in [0.25, 0.3) is 5.91 Å². The predicted octanol–water partition coefficient (Wildman–Crippen LogP) is 5.82. The maximum atomic E-state index is 12.9. The van der Waals surface area contributed by atoms with Gasteiger partial charge in [-0.3, -0.25) is 4.79 Å². The molecule has 0 aliphatic rings. The third-order valence-corrected chi connectivity index (χ3v) is 6.39. The lowest BCUT2D eigenvalue weighted by atomic mass is 10.0. The number of rotatable bonds is 9. The molecule has 0 aliphatic carbocycles. The summed E-state index contributed by atoms with van der Waals surface area (Å²) in [4.78, 5) is 31.7. The molecular weight excluding hydrogens is 448 g/mol. The second-order valence-corrected chi connectivity index (χ2v) is 9.44. The minimum absolute atomic E-state index is 0.245. The number of ether oxygens (including phenoxy) is 1. The Morgan fingerprint density at radius 1 is 1.03 bits per heavy atom. The lowest BCUT2D eigenvalue weighted by Gasteiger charge is -2.22. The molecule has 3 aromatic rings. The number of aryl methyl sites for hydroxylation is 2. The lowest BCUT2D eigenvalue weighted by Crippen LogP contribution is -2.36. The minimum Gasteiger partial charge on any atom is -0.383 e. The van der Waals surface area contributed by atoms with E-state index in [0.717, 1.165) is 16.9 Å². The van der Waals surface area contributed by atoms with Gasteiger partial charge >= 0.3 is 6.03 Å². The van der Waals surface area contributed by atoms with Crippen LogP contribution in [0.3, 0.4) is 0 Å². The second kappa shape index (κ2) is 11.8. The number of carbonyl (C=O) groups excluding carboxylic acids is 2. The van der Waals surface area contributed by atoms with Crippen molar-refractivity contribution in [3.8, 4) is 0 Å². The number of aromatic nitrogens is 1. The smallest absolute Gasteiger partial charge is 0.322 e. The average Bonchev–Trinajstić information content (AvgIpc) is 3.28. The zero-order valence-electron chi connectivity index (χ0n) is 20.3. The Balaban J connectivity index is 1.65. The summed E-state index contributed by atoms with van der Waals surface area (Å²) in [6.45, 7) is 9.36. The van der Waals surface area contributed by atoms with E-state index < -0.39 is 0 Å². The predicted molar refractivity (Wildman–Crippen MR) is 138 cm³/mol. The van der Waals surface area contributed by atoms with Crippen LogP contribution in [-0.2, 0) is 11.3 Å². The first-order valence-electron chi connectivity index (χ1n) is 11.2. The first-order valence-corrected chi connectivity index (χ1v) is 12.1. The third kappa shape index (κ3) is 6.88. The Kier molecular flexibility index (Phi) is 8.79. The number of thiazole rings is 1. The summed E-state index contributed by atoms with van der Waals surface area (Å²) in [6, 6.07) is 13.4. The second-order valence-electron chi connectivity index (χ2n) is 8.50. The number of urea groups is 1. The van der Waals surface area contributed by atoms with Gasteiger partial charge in [-0.15, -0.1) is 11.3 Å². The van der Waals surface area contributed by atoms with Crippen LogP contribution in [0.4, 0.5) is 16.2 Å². The molecule has 1 aromatic heterocycles.